The minimum Gasteiger partial charge on any atom is -0.427 e. The van der Waals surface area contributed by atoms with Crippen LogP contribution < -0.4 is 15.0 Å². The average Bonchev–Trinajstić information content (AvgIpc) is 3.75. The van der Waals surface area contributed by atoms with E-state index < -0.39 is 0 Å². The SMILES string of the molecule is CCC(=O)Oc1ccc(N(C(=O)c2cc(-c3cc(Cl)ccc3C(=O)N3Cc4ccccc4C[C@H]3C)n3c2CNCC3)c2ccc3c(ccn3C)c2)cc1. The molecule has 2 amide bonds. The number of benzene rings is 4. The van der Waals surface area contributed by atoms with Crippen molar-refractivity contribution in [1.82, 2.24) is 19.4 Å². The monoisotopic (exact) mass is 725 g/mol. The number of nitrogens with zero attached hydrogens (tertiary/aromatic N) is 4. The van der Waals surface area contributed by atoms with Gasteiger partial charge in [0.15, 0.2) is 0 Å². The zero-order chi connectivity index (χ0) is 36.8. The smallest absolute Gasteiger partial charge is 0.310 e. The second-order valence-electron chi connectivity index (χ2n) is 13.8. The molecule has 0 spiro atoms. The fraction of sp³-hybridized carbons (Fsp3) is 0.233. The van der Waals surface area contributed by atoms with Crippen molar-refractivity contribution in [2.75, 3.05) is 11.4 Å². The summed E-state index contributed by atoms with van der Waals surface area (Å²) < 4.78 is 9.63. The lowest BCUT2D eigenvalue weighted by atomic mass is 9.93. The summed E-state index contributed by atoms with van der Waals surface area (Å²) in [4.78, 5) is 45.2. The van der Waals surface area contributed by atoms with E-state index in [0.717, 1.165) is 34.3 Å². The van der Waals surface area contributed by atoms with Crippen LogP contribution in [0.25, 0.3) is 22.2 Å². The number of carbonyl (C=O) groups is 3. The third kappa shape index (κ3) is 6.40. The first kappa shape index (κ1) is 34.4. The predicted octanol–water partition coefficient (Wildman–Crippen LogP) is 8.28. The molecule has 9 nitrogen and oxygen atoms in total. The Morgan fingerprint density at radius 2 is 1.68 bits per heavy atom. The minimum atomic E-state index is -0.334. The molecule has 1 N–H and O–H groups in total. The third-order valence-corrected chi connectivity index (χ3v) is 10.7. The van der Waals surface area contributed by atoms with Crippen LogP contribution in [0.15, 0.2) is 103 Å². The lowest BCUT2D eigenvalue weighted by molar-refractivity contribution is -0.134. The van der Waals surface area contributed by atoms with Crippen LogP contribution in [0.3, 0.4) is 0 Å². The summed E-state index contributed by atoms with van der Waals surface area (Å²) in [6, 6.07) is 30.6. The van der Waals surface area contributed by atoms with Gasteiger partial charge in [0.2, 0.25) is 0 Å². The first-order valence-corrected chi connectivity index (χ1v) is 18.4. The number of esters is 1. The van der Waals surface area contributed by atoms with E-state index in [-0.39, 0.29) is 30.2 Å². The Kier molecular flexibility index (Phi) is 9.14. The molecule has 0 fully saturated rings. The van der Waals surface area contributed by atoms with E-state index in [1.807, 2.05) is 77.3 Å². The number of aryl methyl sites for hydroxylation is 1. The average molecular weight is 726 g/mol. The van der Waals surface area contributed by atoms with E-state index in [2.05, 4.69) is 28.9 Å². The molecule has 8 rings (SSSR count). The van der Waals surface area contributed by atoms with Crippen LogP contribution in [0, 0.1) is 0 Å². The van der Waals surface area contributed by atoms with Crippen LogP contribution in [0.1, 0.15) is 57.8 Å². The number of fused-ring (bicyclic) bond motifs is 3. The van der Waals surface area contributed by atoms with Crippen LogP contribution >= 0.6 is 11.6 Å². The molecule has 53 heavy (non-hydrogen) atoms. The molecule has 4 heterocycles. The predicted molar refractivity (Wildman–Crippen MR) is 208 cm³/mol. The van der Waals surface area contributed by atoms with Gasteiger partial charge in [-0.1, -0.05) is 42.8 Å². The molecule has 6 aromatic rings. The number of amides is 2. The Morgan fingerprint density at radius 3 is 2.47 bits per heavy atom. The van der Waals surface area contributed by atoms with Crippen LogP contribution in [0.2, 0.25) is 5.02 Å². The fourth-order valence-corrected chi connectivity index (χ4v) is 7.81. The summed E-state index contributed by atoms with van der Waals surface area (Å²) in [5.74, 6) is -0.228. The molecule has 0 saturated heterocycles. The summed E-state index contributed by atoms with van der Waals surface area (Å²) in [5.41, 5.74) is 8.11. The number of rotatable bonds is 7. The maximum Gasteiger partial charge on any atom is 0.310 e. The Labute approximate surface area is 313 Å². The molecule has 0 radical (unpaired) electrons. The molecule has 2 aliphatic heterocycles. The molecule has 4 aromatic carbocycles. The van der Waals surface area contributed by atoms with Crippen LogP contribution in [-0.2, 0) is 37.9 Å². The van der Waals surface area contributed by atoms with Crippen molar-refractivity contribution in [3.05, 3.63) is 136 Å². The van der Waals surface area contributed by atoms with Crippen molar-refractivity contribution in [1.29, 1.82) is 0 Å². The fourth-order valence-electron chi connectivity index (χ4n) is 7.64. The van der Waals surface area contributed by atoms with Gasteiger partial charge < -0.3 is 24.1 Å². The zero-order valence-corrected chi connectivity index (χ0v) is 30.7. The van der Waals surface area contributed by atoms with Gasteiger partial charge in [-0.2, -0.15) is 0 Å². The van der Waals surface area contributed by atoms with Gasteiger partial charge in [0.05, 0.1) is 5.56 Å². The van der Waals surface area contributed by atoms with Gasteiger partial charge in [0.1, 0.15) is 5.75 Å². The number of anilines is 2. The zero-order valence-electron chi connectivity index (χ0n) is 29.9. The molecule has 10 heteroatoms. The number of hydrogen-bond donors (Lipinski definition) is 1. The van der Waals surface area contributed by atoms with Crippen LogP contribution in [-0.4, -0.2) is 44.4 Å². The largest absolute Gasteiger partial charge is 0.427 e. The highest BCUT2D eigenvalue weighted by molar-refractivity contribution is 6.31. The molecule has 268 valence electrons. The maximum absolute atomic E-state index is 15.1. The Morgan fingerprint density at radius 1 is 0.906 bits per heavy atom. The minimum absolute atomic E-state index is 0.0101. The molecular formula is C43H40ClN5O4. The van der Waals surface area contributed by atoms with Gasteiger partial charge in [-0.15, -0.1) is 0 Å². The molecule has 0 bridgehead atoms. The Hall–Kier alpha value is -5.64. The molecule has 2 aromatic heterocycles. The second-order valence-corrected chi connectivity index (χ2v) is 14.2. The highest BCUT2D eigenvalue weighted by atomic mass is 35.5. The van der Waals surface area contributed by atoms with E-state index in [1.54, 1.807) is 42.2 Å². The van der Waals surface area contributed by atoms with E-state index >= 15 is 4.79 Å². The normalized spacial score (nSPS) is 15.2. The summed E-state index contributed by atoms with van der Waals surface area (Å²) in [5, 5.41) is 4.95. The lowest BCUT2D eigenvalue weighted by Gasteiger charge is -2.35. The highest BCUT2D eigenvalue weighted by Gasteiger charge is 2.32. The van der Waals surface area contributed by atoms with Gasteiger partial charge in [0.25, 0.3) is 11.8 Å². The molecule has 0 unspecified atom stereocenters. The van der Waals surface area contributed by atoms with Crippen molar-refractivity contribution in [3.63, 3.8) is 0 Å². The van der Waals surface area contributed by atoms with Crippen LogP contribution in [0.5, 0.6) is 5.75 Å². The summed E-state index contributed by atoms with van der Waals surface area (Å²) in [6.45, 7) is 6.15. The number of halogens is 1. The summed E-state index contributed by atoms with van der Waals surface area (Å²) >= 11 is 6.66. The first-order valence-electron chi connectivity index (χ1n) is 18.0. The first-order chi connectivity index (χ1) is 25.7. The number of nitrogens with one attached hydrogen (secondary N) is 1. The maximum atomic E-state index is 15.1. The Balaban J connectivity index is 1.23. The van der Waals surface area contributed by atoms with E-state index in [0.29, 0.717) is 65.0 Å². The highest BCUT2D eigenvalue weighted by Crippen LogP contribution is 2.38. The quantitative estimate of drug-likeness (QED) is 0.132. The van der Waals surface area contributed by atoms with Gasteiger partial charge in [-0.25, -0.2) is 0 Å². The second kappa shape index (κ2) is 14.1. The molecule has 0 saturated carbocycles. The summed E-state index contributed by atoms with van der Waals surface area (Å²) in [6.07, 6.45) is 3.03. The number of hydrogen-bond acceptors (Lipinski definition) is 5. The van der Waals surface area contributed by atoms with Crippen molar-refractivity contribution < 1.29 is 19.1 Å². The van der Waals surface area contributed by atoms with E-state index in [4.69, 9.17) is 16.3 Å². The standard InChI is InChI=1S/C43H40ClN5O4/c1-4-41(50)53-34-13-10-32(11-14-34)49(33-12-16-38-29(22-33)17-19-46(38)3)43(52)37-24-39(47-20-18-45-25-40(37)47)36-23-31(44)9-15-35(36)42(51)48-26-30-8-6-5-7-28(30)21-27(48)2/h5-17,19,22-24,27,45H,4,18,20-21,25-26H2,1-3H3/t27-/m1/s1. The molecule has 2 aliphatic rings. The van der Waals surface area contributed by atoms with Crippen molar-refractivity contribution in [2.24, 2.45) is 7.05 Å². The van der Waals surface area contributed by atoms with Crippen LogP contribution in [0.4, 0.5) is 11.4 Å². The van der Waals surface area contributed by atoms with E-state index in [9.17, 15) is 9.59 Å². The van der Waals surface area contributed by atoms with Gasteiger partial charge in [-0.3, -0.25) is 19.3 Å². The number of carbonyl (C=O) groups excluding carboxylic acids is 3. The number of aromatic nitrogens is 2. The third-order valence-electron chi connectivity index (χ3n) is 10.4. The van der Waals surface area contributed by atoms with Crippen molar-refractivity contribution >= 4 is 51.7 Å². The Bertz CT molecular complexity index is 2390. The van der Waals surface area contributed by atoms with E-state index in [1.165, 1.54) is 5.56 Å². The molecule has 1 atom stereocenters. The molecular weight excluding hydrogens is 686 g/mol. The van der Waals surface area contributed by atoms with Gasteiger partial charge in [0, 0.05) is 102 Å². The van der Waals surface area contributed by atoms with Gasteiger partial charge in [-0.05, 0) is 97.3 Å². The number of ether oxygens (including phenoxy) is 1. The lowest BCUT2D eigenvalue weighted by Crippen LogP contribution is -2.42. The van der Waals surface area contributed by atoms with Gasteiger partial charge >= 0.3 is 5.97 Å². The molecule has 0 aliphatic carbocycles. The topological polar surface area (TPSA) is 88.8 Å². The van der Waals surface area contributed by atoms with Crippen molar-refractivity contribution in [3.8, 4) is 17.0 Å². The summed E-state index contributed by atoms with van der Waals surface area (Å²) in [7, 11) is 1.99. The van der Waals surface area contributed by atoms with Crippen molar-refractivity contribution in [2.45, 2.75) is 52.4 Å².